The molecular formula is C26H26N2O6. The summed E-state index contributed by atoms with van der Waals surface area (Å²) in [5.74, 6) is -0.867. The van der Waals surface area contributed by atoms with Gasteiger partial charge in [-0.05, 0) is 36.8 Å². The molecule has 1 fully saturated rings. The van der Waals surface area contributed by atoms with Gasteiger partial charge in [-0.2, -0.15) is 0 Å². The largest absolute Gasteiger partial charge is 0.503 e. The number of aryl methyl sites for hydroxylation is 1. The highest BCUT2D eigenvalue weighted by atomic mass is 16.5. The Balaban J connectivity index is 1.55. The summed E-state index contributed by atoms with van der Waals surface area (Å²) in [4.78, 5) is 30.5. The highest BCUT2D eigenvalue weighted by Gasteiger charge is 2.46. The molecule has 4 heterocycles. The number of amides is 1. The van der Waals surface area contributed by atoms with Crippen LogP contribution >= 0.6 is 0 Å². The molecule has 8 nitrogen and oxygen atoms in total. The predicted octanol–water partition coefficient (Wildman–Crippen LogP) is 3.83. The van der Waals surface area contributed by atoms with Crippen LogP contribution in [0.4, 0.5) is 0 Å². The molecule has 1 aromatic carbocycles. The third-order valence-corrected chi connectivity index (χ3v) is 6.41. The maximum absolute atomic E-state index is 13.4. The minimum Gasteiger partial charge on any atom is -0.503 e. The topological polar surface area (TPSA) is 96.4 Å². The van der Waals surface area contributed by atoms with Crippen LogP contribution < -0.4 is 0 Å². The molecule has 2 aliphatic rings. The van der Waals surface area contributed by atoms with Crippen molar-refractivity contribution in [1.82, 2.24) is 9.80 Å². The first-order chi connectivity index (χ1) is 16.5. The van der Waals surface area contributed by atoms with Crippen molar-refractivity contribution in [2.45, 2.75) is 19.0 Å². The monoisotopic (exact) mass is 462 g/mol. The zero-order valence-electron chi connectivity index (χ0n) is 18.8. The molecule has 176 valence electrons. The number of ether oxygens (including phenoxy) is 1. The maximum atomic E-state index is 13.4. The van der Waals surface area contributed by atoms with E-state index in [1.165, 1.54) is 12.3 Å². The van der Waals surface area contributed by atoms with Gasteiger partial charge in [-0.25, -0.2) is 0 Å². The van der Waals surface area contributed by atoms with Crippen LogP contribution in [0.2, 0.25) is 0 Å². The first-order valence-corrected chi connectivity index (χ1v) is 11.3. The zero-order chi connectivity index (χ0) is 23.7. The molecule has 0 spiro atoms. The summed E-state index contributed by atoms with van der Waals surface area (Å²) in [6.45, 7) is 4.72. The number of hydrogen-bond donors (Lipinski definition) is 1. The van der Waals surface area contributed by atoms with E-state index in [1.807, 2.05) is 43.3 Å². The van der Waals surface area contributed by atoms with Gasteiger partial charge < -0.3 is 23.6 Å². The molecule has 0 aliphatic carbocycles. The van der Waals surface area contributed by atoms with E-state index in [0.717, 1.165) is 11.1 Å². The van der Waals surface area contributed by atoms with Crippen LogP contribution in [-0.2, 0) is 9.53 Å². The average Bonchev–Trinajstić information content (AvgIpc) is 3.62. The number of ketones is 1. The Morgan fingerprint density at radius 2 is 1.76 bits per heavy atom. The van der Waals surface area contributed by atoms with Crippen molar-refractivity contribution in [3.63, 3.8) is 0 Å². The van der Waals surface area contributed by atoms with E-state index in [2.05, 4.69) is 4.90 Å². The van der Waals surface area contributed by atoms with Gasteiger partial charge in [0.15, 0.2) is 11.5 Å². The Morgan fingerprint density at radius 3 is 2.41 bits per heavy atom. The van der Waals surface area contributed by atoms with Crippen LogP contribution in [0, 0.1) is 6.92 Å². The molecule has 5 rings (SSSR count). The van der Waals surface area contributed by atoms with E-state index in [9.17, 15) is 14.7 Å². The predicted molar refractivity (Wildman–Crippen MR) is 122 cm³/mol. The van der Waals surface area contributed by atoms with Gasteiger partial charge in [0.05, 0.1) is 43.4 Å². The van der Waals surface area contributed by atoms with Crippen LogP contribution in [-0.4, -0.2) is 59.4 Å². The van der Waals surface area contributed by atoms with Gasteiger partial charge in [0.1, 0.15) is 5.76 Å². The Morgan fingerprint density at radius 1 is 1.06 bits per heavy atom. The molecule has 1 N–H and O–H groups in total. The van der Waals surface area contributed by atoms with Crippen LogP contribution in [0.5, 0.6) is 0 Å². The summed E-state index contributed by atoms with van der Waals surface area (Å²) < 4.78 is 16.5. The molecule has 2 aliphatic heterocycles. The number of Topliss-reactive ketones (excluding diaryl/α,β-unsaturated/α-hetero) is 1. The number of aliphatic hydroxyl groups excluding tert-OH is 1. The quantitative estimate of drug-likeness (QED) is 0.533. The highest BCUT2D eigenvalue weighted by Crippen LogP contribution is 2.41. The Bertz CT molecular complexity index is 1170. The van der Waals surface area contributed by atoms with Gasteiger partial charge in [-0.1, -0.05) is 29.8 Å². The molecule has 1 amide bonds. The van der Waals surface area contributed by atoms with Crippen LogP contribution in [0.25, 0.3) is 0 Å². The van der Waals surface area contributed by atoms with E-state index in [-0.39, 0.29) is 23.9 Å². The number of nitrogens with zero attached hydrogens (tertiary/aromatic N) is 2. The number of furan rings is 2. The molecule has 1 saturated heterocycles. The second-order valence-corrected chi connectivity index (χ2v) is 8.52. The number of rotatable bonds is 7. The second-order valence-electron chi connectivity index (χ2n) is 8.52. The summed E-state index contributed by atoms with van der Waals surface area (Å²) in [6.07, 6.45) is 3.00. The first-order valence-electron chi connectivity index (χ1n) is 11.3. The molecule has 0 bridgehead atoms. The second kappa shape index (κ2) is 9.32. The Hall–Kier alpha value is -3.62. The molecule has 0 radical (unpaired) electrons. The van der Waals surface area contributed by atoms with Crippen LogP contribution in [0.15, 0.2) is 81.2 Å². The third-order valence-electron chi connectivity index (χ3n) is 6.41. The average molecular weight is 463 g/mol. The zero-order valence-corrected chi connectivity index (χ0v) is 18.8. The van der Waals surface area contributed by atoms with Gasteiger partial charge in [0, 0.05) is 19.6 Å². The van der Waals surface area contributed by atoms with Gasteiger partial charge in [0.25, 0.3) is 5.91 Å². The summed E-state index contributed by atoms with van der Waals surface area (Å²) in [7, 11) is 0. The minimum atomic E-state index is -0.760. The maximum Gasteiger partial charge on any atom is 0.290 e. The first kappa shape index (κ1) is 22.2. The van der Waals surface area contributed by atoms with Crippen LogP contribution in [0.1, 0.15) is 39.5 Å². The lowest BCUT2D eigenvalue weighted by atomic mass is 9.94. The number of benzene rings is 1. The van der Waals surface area contributed by atoms with E-state index < -0.39 is 23.5 Å². The molecule has 2 aromatic heterocycles. The van der Waals surface area contributed by atoms with Gasteiger partial charge in [0.2, 0.25) is 5.78 Å². The molecular weight excluding hydrogens is 436 g/mol. The van der Waals surface area contributed by atoms with Gasteiger partial charge >= 0.3 is 0 Å². The fourth-order valence-corrected chi connectivity index (χ4v) is 4.65. The summed E-state index contributed by atoms with van der Waals surface area (Å²) >= 11 is 0. The number of carbonyl (C=O) groups excluding carboxylic acids is 2. The summed E-state index contributed by atoms with van der Waals surface area (Å²) in [5, 5.41) is 10.9. The lowest BCUT2D eigenvalue weighted by Gasteiger charge is -2.37. The Kier molecular flexibility index (Phi) is 6.08. The van der Waals surface area contributed by atoms with Crippen LogP contribution in [0.3, 0.4) is 0 Å². The minimum absolute atomic E-state index is 0.0176. The molecule has 2 unspecified atom stereocenters. The van der Waals surface area contributed by atoms with Crippen molar-refractivity contribution in [2.75, 3.05) is 32.8 Å². The highest BCUT2D eigenvalue weighted by molar-refractivity contribution is 6.15. The smallest absolute Gasteiger partial charge is 0.290 e. The van der Waals surface area contributed by atoms with E-state index in [1.54, 1.807) is 17.2 Å². The number of hydrogen-bond acceptors (Lipinski definition) is 7. The number of aliphatic hydroxyl groups is 1. The molecule has 0 saturated carbocycles. The van der Waals surface area contributed by atoms with E-state index in [4.69, 9.17) is 13.6 Å². The lowest BCUT2D eigenvalue weighted by molar-refractivity contribution is -0.130. The normalized spacial score (nSPS) is 20.2. The summed E-state index contributed by atoms with van der Waals surface area (Å²) in [6, 6.07) is 13.4. The molecule has 2 atom stereocenters. The Labute approximate surface area is 197 Å². The standard InChI is InChI=1S/C26H26N2O6/c1-17-6-8-18(9-7-17)23-22(24(29)21-5-3-13-34-21)25(30)26(31)28(23)16-19(20-4-2-12-33-20)27-10-14-32-15-11-27/h2-9,12-13,19,23,30H,10-11,14-16H2,1H3. The van der Waals surface area contributed by atoms with Crippen molar-refractivity contribution in [1.29, 1.82) is 0 Å². The SMILES string of the molecule is Cc1ccc(C2C(C(=O)c3ccco3)=C(O)C(=O)N2CC(c2ccco2)N2CCOCC2)cc1. The fraction of sp³-hybridized carbons (Fsp3) is 0.308. The number of carbonyl (C=O) groups is 2. The van der Waals surface area contributed by atoms with E-state index in [0.29, 0.717) is 32.1 Å². The lowest BCUT2D eigenvalue weighted by Crippen LogP contribution is -2.45. The van der Waals surface area contributed by atoms with Gasteiger partial charge in [-0.3, -0.25) is 14.5 Å². The van der Waals surface area contributed by atoms with Crippen molar-refractivity contribution in [3.05, 3.63) is 95.0 Å². The van der Waals surface area contributed by atoms with Crippen molar-refractivity contribution in [2.24, 2.45) is 0 Å². The van der Waals surface area contributed by atoms with Crippen molar-refractivity contribution < 1.29 is 28.3 Å². The number of morpholine rings is 1. The van der Waals surface area contributed by atoms with Crippen molar-refractivity contribution >= 4 is 11.7 Å². The fourth-order valence-electron chi connectivity index (χ4n) is 4.65. The molecule has 3 aromatic rings. The summed E-state index contributed by atoms with van der Waals surface area (Å²) in [5.41, 5.74) is 1.80. The molecule has 8 heteroatoms. The van der Waals surface area contributed by atoms with Gasteiger partial charge in [-0.15, -0.1) is 0 Å². The molecule has 34 heavy (non-hydrogen) atoms. The van der Waals surface area contributed by atoms with Crippen molar-refractivity contribution in [3.8, 4) is 0 Å². The van der Waals surface area contributed by atoms with E-state index >= 15 is 0 Å². The third kappa shape index (κ3) is 4.06.